The maximum absolute atomic E-state index is 11.4. The molecule has 5 heteroatoms. The van der Waals surface area contributed by atoms with Gasteiger partial charge in [0.05, 0.1) is 16.3 Å². The summed E-state index contributed by atoms with van der Waals surface area (Å²) in [5.41, 5.74) is 3.07. The molecule has 4 rings (SSSR count). The van der Waals surface area contributed by atoms with Gasteiger partial charge in [-0.05, 0) is 50.2 Å². The van der Waals surface area contributed by atoms with E-state index in [1.807, 2.05) is 18.2 Å². The van der Waals surface area contributed by atoms with Gasteiger partial charge in [-0.1, -0.05) is 12.1 Å². The van der Waals surface area contributed by atoms with Gasteiger partial charge < -0.3 is 4.90 Å². The number of thiazole rings is 1. The minimum Gasteiger partial charge on any atom is -0.369 e. The molecule has 0 N–H and O–H groups in total. The second-order valence-electron chi connectivity index (χ2n) is 6.82. The fraction of sp³-hybridized carbons (Fsp3) is 0.333. The Bertz CT molecular complexity index is 877. The molecule has 0 aliphatic carbocycles. The molecule has 3 aromatic rings. The Morgan fingerprint density at radius 1 is 1.04 bits per heavy atom. The van der Waals surface area contributed by atoms with Crippen LogP contribution in [0.1, 0.15) is 35.3 Å². The SMILES string of the molecule is CC(=O)c1ccc(N2CCN([C@@H](C)c3nc4ccccc4s3)CC2)cc1. The number of carbonyl (C=O) groups is 1. The zero-order valence-electron chi connectivity index (χ0n) is 15.2. The average molecular weight is 366 g/mol. The van der Waals surface area contributed by atoms with Gasteiger partial charge in [0.15, 0.2) is 5.78 Å². The number of Topliss-reactive ketones (excluding diaryl/α,β-unsaturated/α-hetero) is 1. The third-order valence-corrected chi connectivity index (χ3v) is 6.38. The summed E-state index contributed by atoms with van der Waals surface area (Å²) >= 11 is 1.80. The molecule has 26 heavy (non-hydrogen) atoms. The first-order chi connectivity index (χ1) is 12.6. The highest BCUT2D eigenvalue weighted by Crippen LogP contribution is 2.30. The first-order valence-electron chi connectivity index (χ1n) is 9.07. The molecule has 1 fully saturated rings. The second kappa shape index (κ2) is 7.17. The highest BCUT2D eigenvalue weighted by atomic mass is 32.1. The van der Waals surface area contributed by atoms with Crippen molar-refractivity contribution in [3.05, 3.63) is 59.1 Å². The van der Waals surface area contributed by atoms with Crippen LogP contribution in [0.2, 0.25) is 0 Å². The van der Waals surface area contributed by atoms with Gasteiger partial charge in [-0.25, -0.2) is 4.98 Å². The number of aromatic nitrogens is 1. The Morgan fingerprint density at radius 3 is 2.38 bits per heavy atom. The zero-order chi connectivity index (χ0) is 18.1. The Morgan fingerprint density at radius 2 is 1.73 bits per heavy atom. The third kappa shape index (κ3) is 3.37. The van der Waals surface area contributed by atoms with Gasteiger partial charge in [0.2, 0.25) is 0 Å². The molecule has 4 nitrogen and oxygen atoms in total. The second-order valence-corrected chi connectivity index (χ2v) is 7.88. The van der Waals surface area contributed by atoms with E-state index in [0.29, 0.717) is 6.04 Å². The van der Waals surface area contributed by atoms with Gasteiger partial charge in [-0.3, -0.25) is 9.69 Å². The summed E-state index contributed by atoms with van der Waals surface area (Å²) in [5.74, 6) is 0.117. The van der Waals surface area contributed by atoms with E-state index in [-0.39, 0.29) is 5.78 Å². The number of rotatable bonds is 4. The van der Waals surface area contributed by atoms with Crippen LogP contribution in [0.25, 0.3) is 10.2 Å². The van der Waals surface area contributed by atoms with Crippen molar-refractivity contribution in [1.29, 1.82) is 0 Å². The molecule has 0 bridgehead atoms. The lowest BCUT2D eigenvalue weighted by Gasteiger charge is -2.38. The van der Waals surface area contributed by atoms with E-state index < -0.39 is 0 Å². The number of piperazine rings is 1. The molecule has 1 aromatic heterocycles. The Hall–Kier alpha value is -2.24. The lowest BCUT2D eigenvalue weighted by atomic mass is 10.1. The van der Waals surface area contributed by atoms with Crippen LogP contribution in [0.4, 0.5) is 5.69 Å². The van der Waals surface area contributed by atoms with Crippen molar-refractivity contribution < 1.29 is 4.79 Å². The van der Waals surface area contributed by atoms with E-state index in [1.165, 1.54) is 15.4 Å². The maximum Gasteiger partial charge on any atom is 0.159 e. The van der Waals surface area contributed by atoms with Gasteiger partial charge in [0.25, 0.3) is 0 Å². The van der Waals surface area contributed by atoms with E-state index in [0.717, 1.165) is 37.3 Å². The number of carbonyl (C=O) groups excluding carboxylic acids is 1. The lowest BCUT2D eigenvalue weighted by molar-refractivity contribution is 0.101. The van der Waals surface area contributed by atoms with Gasteiger partial charge in [-0.15, -0.1) is 11.3 Å². The lowest BCUT2D eigenvalue weighted by Crippen LogP contribution is -2.47. The molecule has 1 aliphatic rings. The Balaban J connectivity index is 1.41. The zero-order valence-corrected chi connectivity index (χ0v) is 16.0. The van der Waals surface area contributed by atoms with Crippen molar-refractivity contribution in [1.82, 2.24) is 9.88 Å². The number of benzene rings is 2. The molecule has 134 valence electrons. The predicted octanol–water partition coefficient (Wildman–Crippen LogP) is 4.38. The fourth-order valence-electron chi connectivity index (χ4n) is 3.50. The van der Waals surface area contributed by atoms with Crippen LogP contribution < -0.4 is 4.90 Å². The van der Waals surface area contributed by atoms with Crippen molar-refractivity contribution in [2.24, 2.45) is 0 Å². The monoisotopic (exact) mass is 365 g/mol. The molecule has 1 atom stereocenters. The molecule has 0 radical (unpaired) electrons. The molecule has 0 amide bonds. The Labute approximate surface area is 158 Å². The van der Waals surface area contributed by atoms with Crippen LogP contribution in [0.3, 0.4) is 0 Å². The molecule has 2 heterocycles. The summed E-state index contributed by atoms with van der Waals surface area (Å²) in [4.78, 5) is 21.2. The number of nitrogens with zero attached hydrogens (tertiary/aromatic N) is 3. The summed E-state index contributed by atoms with van der Waals surface area (Å²) < 4.78 is 1.26. The summed E-state index contributed by atoms with van der Waals surface area (Å²) in [5, 5.41) is 1.20. The number of fused-ring (bicyclic) bond motifs is 1. The molecular formula is C21H23N3OS. The van der Waals surface area contributed by atoms with Crippen LogP contribution in [0, 0.1) is 0 Å². The van der Waals surface area contributed by atoms with Crippen LogP contribution >= 0.6 is 11.3 Å². The normalized spacial score (nSPS) is 16.8. The number of ketones is 1. The minimum absolute atomic E-state index is 0.117. The van der Waals surface area contributed by atoms with Crippen molar-refractivity contribution in [2.75, 3.05) is 31.1 Å². The van der Waals surface area contributed by atoms with Gasteiger partial charge in [-0.2, -0.15) is 0 Å². The first kappa shape index (κ1) is 17.2. The van der Waals surface area contributed by atoms with Crippen molar-refractivity contribution >= 4 is 33.0 Å². The van der Waals surface area contributed by atoms with E-state index in [4.69, 9.17) is 4.98 Å². The van der Waals surface area contributed by atoms with E-state index in [9.17, 15) is 4.79 Å². The summed E-state index contributed by atoms with van der Waals surface area (Å²) in [6.45, 7) is 7.90. The van der Waals surface area contributed by atoms with Crippen LogP contribution in [0.15, 0.2) is 48.5 Å². The summed E-state index contributed by atoms with van der Waals surface area (Å²) in [6, 6.07) is 16.7. The molecule has 0 saturated carbocycles. The maximum atomic E-state index is 11.4. The van der Waals surface area contributed by atoms with E-state index in [1.54, 1.807) is 18.3 Å². The third-order valence-electron chi connectivity index (χ3n) is 5.17. The van der Waals surface area contributed by atoms with Gasteiger partial charge in [0.1, 0.15) is 5.01 Å². The van der Waals surface area contributed by atoms with Crippen molar-refractivity contribution in [3.63, 3.8) is 0 Å². The van der Waals surface area contributed by atoms with Gasteiger partial charge in [0, 0.05) is 37.4 Å². The molecule has 0 spiro atoms. The van der Waals surface area contributed by atoms with E-state index >= 15 is 0 Å². The highest BCUT2D eigenvalue weighted by Gasteiger charge is 2.24. The number of hydrogen-bond donors (Lipinski definition) is 0. The molecule has 2 aromatic carbocycles. The topological polar surface area (TPSA) is 36.4 Å². The first-order valence-corrected chi connectivity index (χ1v) is 9.89. The molecule has 1 saturated heterocycles. The molecule has 0 unspecified atom stereocenters. The average Bonchev–Trinajstić information content (AvgIpc) is 3.12. The molecule has 1 aliphatic heterocycles. The number of para-hydroxylation sites is 1. The van der Waals surface area contributed by atoms with Crippen LogP contribution in [0.5, 0.6) is 0 Å². The largest absolute Gasteiger partial charge is 0.369 e. The minimum atomic E-state index is 0.117. The van der Waals surface area contributed by atoms with Crippen molar-refractivity contribution in [2.45, 2.75) is 19.9 Å². The van der Waals surface area contributed by atoms with Crippen LogP contribution in [-0.4, -0.2) is 41.8 Å². The van der Waals surface area contributed by atoms with Gasteiger partial charge >= 0.3 is 0 Å². The van der Waals surface area contributed by atoms with Crippen molar-refractivity contribution in [3.8, 4) is 0 Å². The quantitative estimate of drug-likeness (QED) is 0.643. The highest BCUT2D eigenvalue weighted by molar-refractivity contribution is 7.18. The standard InChI is InChI=1S/C21H23N3OS/c1-15(21-22-19-5-3-4-6-20(19)26-21)23-11-13-24(14-12-23)18-9-7-17(8-10-18)16(2)25/h3-10,15H,11-14H2,1-2H3/t15-/m0/s1. The van der Waals surface area contributed by atoms with Crippen LogP contribution in [-0.2, 0) is 0 Å². The number of anilines is 1. The molecular weight excluding hydrogens is 342 g/mol. The fourth-order valence-corrected chi connectivity index (χ4v) is 4.55. The predicted molar refractivity (Wildman–Crippen MR) is 108 cm³/mol. The number of hydrogen-bond acceptors (Lipinski definition) is 5. The van der Waals surface area contributed by atoms with E-state index in [2.05, 4.69) is 47.1 Å². The smallest absolute Gasteiger partial charge is 0.159 e. The summed E-state index contributed by atoms with van der Waals surface area (Å²) in [6.07, 6.45) is 0. The summed E-state index contributed by atoms with van der Waals surface area (Å²) in [7, 11) is 0. The Kier molecular flexibility index (Phi) is 4.74.